The van der Waals surface area contributed by atoms with Crippen molar-refractivity contribution in [2.45, 2.75) is 26.0 Å². The Morgan fingerprint density at radius 2 is 2.08 bits per heavy atom. The lowest BCUT2D eigenvalue weighted by Crippen LogP contribution is -2.23. The van der Waals surface area contributed by atoms with Crippen LogP contribution in [0.5, 0.6) is 5.75 Å². The highest BCUT2D eigenvalue weighted by Crippen LogP contribution is 2.21. The average Bonchev–Trinajstić information content (AvgIpc) is 3.04. The average molecular weight is 357 g/mol. The monoisotopic (exact) mass is 357 g/mol. The van der Waals surface area contributed by atoms with Crippen LogP contribution >= 0.6 is 0 Å². The van der Waals surface area contributed by atoms with E-state index in [9.17, 15) is 14.0 Å². The smallest absolute Gasteiger partial charge is 0.338 e. The summed E-state index contributed by atoms with van der Waals surface area (Å²) in [5, 5.41) is 0. The zero-order valence-electron chi connectivity index (χ0n) is 14.5. The molecule has 0 atom stereocenters. The van der Waals surface area contributed by atoms with E-state index in [2.05, 4.69) is 0 Å². The molecule has 1 saturated heterocycles. The topological polar surface area (TPSA) is 55.8 Å². The van der Waals surface area contributed by atoms with Crippen molar-refractivity contribution in [2.75, 3.05) is 13.7 Å². The molecule has 26 heavy (non-hydrogen) atoms. The second-order valence-electron chi connectivity index (χ2n) is 6.15. The number of likely N-dealkylation sites (tertiary alicyclic amines) is 1. The van der Waals surface area contributed by atoms with E-state index >= 15 is 0 Å². The fourth-order valence-corrected chi connectivity index (χ4v) is 2.97. The van der Waals surface area contributed by atoms with Crippen molar-refractivity contribution in [2.24, 2.45) is 0 Å². The van der Waals surface area contributed by atoms with Gasteiger partial charge in [-0.25, -0.2) is 9.18 Å². The van der Waals surface area contributed by atoms with Gasteiger partial charge in [-0.1, -0.05) is 12.1 Å². The van der Waals surface area contributed by atoms with Gasteiger partial charge in [-0.3, -0.25) is 4.79 Å². The predicted octanol–water partition coefficient (Wildman–Crippen LogP) is 3.31. The Morgan fingerprint density at radius 3 is 2.81 bits per heavy atom. The molecule has 0 spiro atoms. The first-order valence-electron chi connectivity index (χ1n) is 8.43. The number of halogens is 1. The fourth-order valence-electron chi connectivity index (χ4n) is 2.97. The molecule has 0 saturated carbocycles. The second-order valence-corrected chi connectivity index (χ2v) is 6.15. The maximum Gasteiger partial charge on any atom is 0.338 e. The van der Waals surface area contributed by atoms with Crippen molar-refractivity contribution in [1.29, 1.82) is 0 Å². The maximum atomic E-state index is 13.4. The lowest BCUT2D eigenvalue weighted by atomic mass is 10.1. The minimum atomic E-state index is -0.508. The van der Waals surface area contributed by atoms with Crippen LogP contribution in [0.3, 0.4) is 0 Å². The molecule has 6 heteroatoms. The summed E-state index contributed by atoms with van der Waals surface area (Å²) >= 11 is 0. The highest BCUT2D eigenvalue weighted by atomic mass is 19.1. The van der Waals surface area contributed by atoms with Crippen LogP contribution in [0, 0.1) is 5.82 Å². The van der Waals surface area contributed by atoms with Gasteiger partial charge in [0, 0.05) is 25.1 Å². The van der Waals surface area contributed by atoms with E-state index < -0.39 is 11.8 Å². The first-order chi connectivity index (χ1) is 12.6. The maximum absolute atomic E-state index is 13.4. The quantitative estimate of drug-likeness (QED) is 0.745. The standard InChI is InChI=1S/C20H20FNO4/c1-25-18-8-7-17(21)11-16(18)13-26-20(24)15-5-2-4-14(10-15)12-22-9-3-6-19(22)23/h2,4-5,7-8,10-11H,3,6,9,12-13H2,1H3. The summed E-state index contributed by atoms with van der Waals surface area (Å²) < 4.78 is 23.8. The van der Waals surface area contributed by atoms with Crippen LogP contribution in [0.2, 0.25) is 0 Å². The Morgan fingerprint density at radius 1 is 1.23 bits per heavy atom. The number of nitrogens with zero attached hydrogens (tertiary/aromatic N) is 1. The van der Waals surface area contributed by atoms with Crippen LogP contribution in [0.15, 0.2) is 42.5 Å². The van der Waals surface area contributed by atoms with Crippen LogP contribution in [0.4, 0.5) is 4.39 Å². The molecule has 136 valence electrons. The largest absolute Gasteiger partial charge is 0.496 e. The number of rotatable bonds is 6. The lowest BCUT2D eigenvalue weighted by molar-refractivity contribution is -0.128. The molecule has 1 heterocycles. The van der Waals surface area contributed by atoms with Gasteiger partial charge in [0.1, 0.15) is 18.2 Å². The Balaban J connectivity index is 1.66. The van der Waals surface area contributed by atoms with Gasteiger partial charge < -0.3 is 14.4 Å². The third-order valence-corrected chi connectivity index (χ3v) is 4.31. The van der Waals surface area contributed by atoms with Gasteiger partial charge in [-0.05, 0) is 42.3 Å². The Kier molecular flexibility index (Phi) is 5.51. The first-order valence-corrected chi connectivity index (χ1v) is 8.43. The van der Waals surface area contributed by atoms with E-state index in [0.717, 1.165) is 18.5 Å². The summed E-state index contributed by atoms with van der Waals surface area (Å²) in [6.45, 7) is 1.14. The molecular formula is C20H20FNO4. The van der Waals surface area contributed by atoms with Crippen molar-refractivity contribution >= 4 is 11.9 Å². The molecule has 5 nitrogen and oxygen atoms in total. The van der Waals surface area contributed by atoms with Crippen molar-refractivity contribution in [3.05, 3.63) is 65.0 Å². The SMILES string of the molecule is COc1ccc(F)cc1COC(=O)c1cccc(CN2CCCC2=O)c1. The number of amides is 1. The number of methoxy groups -OCH3 is 1. The predicted molar refractivity (Wildman–Crippen MR) is 93.2 cm³/mol. The van der Waals surface area contributed by atoms with Crippen LogP contribution in [-0.2, 0) is 22.7 Å². The van der Waals surface area contributed by atoms with Gasteiger partial charge >= 0.3 is 5.97 Å². The van der Waals surface area contributed by atoms with Crippen molar-refractivity contribution in [3.63, 3.8) is 0 Å². The molecule has 1 amide bonds. The van der Waals surface area contributed by atoms with Gasteiger partial charge in [-0.15, -0.1) is 0 Å². The van der Waals surface area contributed by atoms with E-state index in [0.29, 0.717) is 29.8 Å². The molecule has 1 fully saturated rings. The van der Waals surface area contributed by atoms with Crippen molar-refractivity contribution < 1.29 is 23.5 Å². The number of esters is 1. The summed E-state index contributed by atoms with van der Waals surface area (Å²) in [7, 11) is 1.47. The molecule has 1 aliphatic rings. The molecule has 0 bridgehead atoms. The van der Waals surface area contributed by atoms with Crippen molar-refractivity contribution in [1.82, 2.24) is 4.90 Å². The summed E-state index contributed by atoms with van der Waals surface area (Å²) in [6, 6.07) is 11.1. The molecular weight excluding hydrogens is 337 g/mol. The Bertz CT molecular complexity index is 821. The number of hydrogen-bond acceptors (Lipinski definition) is 4. The van der Waals surface area contributed by atoms with Gasteiger partial charge in [0.25, 0.3) is 0 Å². The highest BCUT2D eigenvalue weighted by molar-refractivity contribution is 5.89. The summed E-state index contributed by atoms with van der Waals surface area (Å²) in [5.74, 6) is -0.336. The molecule has 0 unspecified atom stereocenters. The minimum absolute atomic E-state index is 0.0887. The lowest BCUT2D eigenvalue weighted by Gasteiger charge is -2.16. The summed E-state index contributed by atoms with van der Waals surface area (Å²) in [6.07, 6.45) is 1.45. The molecule has 2 aromatic rings. The Hall–Kier alpha value is -2.89. The summed E-state index contributed by atoms with van der Waals surface area (Å²) in [5.41, 5.74) is 1.72. The van der Waals surface area contributed by atoms with Gasteiger partial charge in [-0.2, -0.15) is 0 Å². The van der Waals surface area contributed by atoms with Crippen molar-refractivity contribution in [3.8, 4) is 5.75 Å². The third kappa shape index (κ3) is 4.20. The normalized spacial score (nSPS) is 13.8. The van der Waals surface area contributed by atoms with E-state index in [-0.39, 0.29) is 12.5 Å². The molecule has 0 aromatic heterocycles. The summed E-state index contributed by atoms with van der Waals surface area (Å²) in [4.78, 5) is 25.8. The third-order valence-electron chi connectivity index (χ3n) is 4.31. The van der Waals surface area contributed by atoms with Gasteiger partial charge in [0.15, 0.2) is 0 Å². The molecule has 3 rings (SSSR count). The van der Waals surface area contributed by atoms with Crippen LogP contribution in [0.1, 0.15) is 34.3 Å². The first kappa shape index (κ1) is 17.9. The van der Waals surface area contributed by atoms with Crippen LogP contribution in [-0.4, -0.2) is 30.4 Å². The molecule has 2 aromatic carbocycles. The fraction of sp³-hybridized carbons (Fsp3) is 0.300. The highest BCUT2D eigenvalue weighted by Gasteiger charge is 2.20. The van der Waals surface area contributed by atoms with Gasteiger partial charge in [0.2, 0.25) is 5.91 Å². The molecule has 0 radical (unpaired) electrons. The molecule has 0 N–H and O–H groups in total. The van der Waals surface area contributed by atoms with E-state index in [1.54, 1.807) is 23.1 Å². The molecule has 1 aliphatic heterocycles. The minimum Gasteiger partial charge on any atom is -0.496 e. The number of hydrogen-bond donors (Lipinski definition) is 0. The van der Waals surface area contributed by atoms with E-state index in [1.807, 2.05) is 6.07 Å². The van der Waals surface area contributed by atoms with Gasteiger partial charge in [0.05, 0.1) is 12.7 Å². The number of benzene rings is 2. The molecule has 0 aliphatic carbocycles. The zero-order chi connectivity index (χ0) is 18.5. The van der Waals surface area contributed by atoms with E-state index in [4.69, 9.17) is 9.47 Å². The Labute approximate surface area is 151 Å². The zero-order valence-corrected chi connectivity index (χ0v) is 14.5. The number of carbonyl (C=O) groups is 2. The second kappa shape index (κ2) is 7.99. The van der Waals surface area contributed by atoms with E-state index in [1.165, 1.54) is 25.3 Å². The number of carbonyl (C=O) groups excluding carboxylic acids is 2. The number of ether oxygens (including phenoxy) is 2. The van der Waals surface area contributed by atoms with Crippen LogP contribution in [0.25, 0.3) is 0 Å². The van der Waals surface area contributed by atoms with Crippen LogP contribution < -0.4 is 4.74 Å².